The van der Waals surface area contributed by atoms with Crippen molar-refractivity contribution in [1.82, 2.24) is 5.32 Å². The minimum Gasteiger partial charge on any atom is -0.497 e. The molecule has 0 aliphatic heterocycles. The third-order valence-electron chi connectivity index (χ3n) is 4.09. The number of rotatable bonds is 10. The zero-order valence-corrected chi connectivity index (χ0v) is 16.3. The molecule has 2 rings (SSSR count). The molecule has 1 unspecified atom stereocenters. The van der Waals surface area contributed by atoms with Gasteiger partial charge in [0.05, 0.1) is 29.2 Å². The first kappa shape index (κ1) is 22.1. The number of nitrogens with zero attached hydrogens (tertiary/aromatic N) is 1. The molecular formula is C19H20ClN3O6. The van der Waals surface area contributed by atoms with E-state index in [0.717, 1.165) is 17.4 Å². The van der Waals surface area contributed by atoms with Crippen LogP contribution in [0.4, 0.5) is 11.4 Å². The second kappa shape index (κ2) is 10.4. The van der Waals surface area contributed by atoms with E-state index in [1.165, 1.54) is 12.1 Å². The lowest BCUT2D eigenvalue weighted by molar-refractivity contribution is -0.384. The lowest BCUT2D eigenvalue weighted by Gasteiger charge is -2.15. The number of hydrogen-bond donors (Lipinski definition) is 3. The number of hydrogen-bond acceptors (Lipinski definition) is 6. The quantitative estimate of drug-likeness (QED) is 0.397. The number of carbonyl (C=O) groups is 2. The van der Waals surface area contributed by atoms with Crippen LogP contribution >= 0.6 is 11.6 Å². The van der Waals surface area contributed by atoms with E-state index in [1.807, 2.05) is 12.1 Å². The Hall–Kier alpha value is -3.17. The fourth-order valence-corrected chi connectivity index (χ4v) is 2.70. The Bertz CT molecular complexity index is 888. The summed E-state index contributed by atoms with van der Waals surface area (Å²) in [7, 11) is 1.57. The number of nitrogens with one attached hydrogen (secondary N) is 2. The maximum atomic E-state index is 12.2. The summed E-state index contributed by atoms with van der Waals surface area (Å²) in [6, 6.07) is 9.84. The van der Waals surface area contributed by atoms with Crippen LogP contribution in [0.3, 0.4) is 0 Å². The fraction of sp³-hybridized carbons (Fsp3) is 0.263. The normalized spacial score (nSPS) is 11.5. The van der Waals surface area contributed by atoms with Gasteiger partial charge in [0.1, 0.15) is 11.8 Å². The molecule has 0 bridgehead atoms. The van der Waals surface area contributed by atoms with E-state index in [9.17, 15) is 24.8 Å². The molecule has 0 fully saturated rings. The second-order valence-electron chi connectivity index (χ2n) is 6.12. The highest BCUT2D eigenvalue weighted by Gasteiger charge is 2.21. The average molecular weight is 422 g/mol. The van der Waals surface area contributed by atoms with Crippen molar-refractivity contribution in [2.24, 2.45) is 0 Å². The molecule has 0 aromatic heterocycles. The number of methoxy groups -OCH3 is 1. The molecule has 0 saturated heterocycles. The molecule has 1 amide bonds. The Labute approximate surface area is 171 Å². The van der Waals surface area contributed by atoms with E-state index in [0.29, 0.717) is 13.0 Å². The third kappa shape index (κ3) is 6.74. The van der Waals surface area contributed by atoms with Crippen molar-refractivity contribution < 1.29 is 24.4 Å². The minimum absolute atomic E-state index is 0.0493. The van der Waals surface area contributed by atoms with Crippen LogP contribution in [0.5, 0.6) is 5.75 Å². The molecule has 154 valence electrons. The summed E-state index contributed by atoms with van der Waals surface area (Å²) in [6.07, 6.45) is 0.197. The SMILES string of the molecule is COc1ccc(CCNC(CC(=O)Nc2cc([N+](=O)[O-])ccc2Cl)C(=O)O)cc1. The molecule has 0 saturated carbocycles. The van der Waals surface area contributed by atoms with Gasteiger partial charge in [0.2, 0.25) is 5.91 Å². The van der Waals surface area contributed by atoms with Crippen LogP contribution in [0.25, 0.3) is 0 Å². The lowest BCUT2D eigenvalue weighted by atomic mass is 10.1. The minimum atomic E-state index is -1.18. The molecule has 0 aliphatic rings. The summed E-state index contributed by atoms with van der Waals surface area (Å²) in [5.74, 6) is -1.08. The standard InChI is InChI=1S/C19H20ClN3O6/c1-29-14-5-2-12(3-6-14)8-9-21-17(19(25)26)11-18(24)22-16-10-13(23(27)28)4-7-15(16)20/h2-7,10,17,21H,8-9,11H2,1H3,(H,22,24)(H,25,26). The van der Waals surface area contributed by atoms with Crippen LogP contribution in [-0.4, -0.2) is 41.6 Å². The number of ether oxygens (including phenoxy) is 1. The number of nitro groups is 1. The topological polar surface area (TPSA) is 131 Å². The summed E-state index contributed by atoms with van der Waals surface area (Å²) in [5, 5.41) is 25.6. The molecule has 2 aromatic carbocycles. The van der Waals surface area contributed by atoms with Gasteiger partial charge < -0.3 is 20.5 Å². The summed E-state index contributed by atoms with van der Waals surface area (Å²) >= 11 is 5.94. The number of carboxylic acid groups (broad SMARTS) is 1. The number of anilines is 1. The van der Waals surface area contributed by atoms with Crippen molar-refractivity contribution in [3.05, 3.63) is 63.2 Å². The summed E-state index contributed by atoms with van der Waals surface area (Å²) < 4.78 is 5.08. The van der Waals surface area contributed by atoms with Crippen molar-refractivity contribution in [3.8, 4) is 5.75 Å². The lowest BCUT2D eigenvalue weighted by Crippen LogP contribution is -2.40. The molecule has 0 heterocycles. The van der Waals surface area contributed by atoms with Crippen molar-refractivity contribution in [1.29, 1.82) is 0 Å². The van der Waals surface area contributed by atoms with E-state index in [2.05, 4.69) is 10.6 Å². The highest BCUT2D eigenvalue weighted by Crippen LogP contribution is 2.26. The third-order valence-corrected chi connectivity index (χ3v) is 4.42. The van der Waals surface area contributed by atoms with Gasteiger partial charge in [0.15, 0.2) is 0 Å². The molecule has 9 nitrogen and oxygen atoms in total. The monoisotopic (exact) mass is 421 g/mol. The van der Waals surface area contributed by atoms with Crippen LogP contribution in [0.1, 0.15) is 12.0 Å². The van der Waals surface area contributed by atoms with Crippen LogP contribution in [0, 0.1) is 10.1 Å². The number of carboxylic acids is 1. The van der Waals surface area contributed by atoms with Gasteiger partial charge in [-0.25, -0.2) is 0 Å². The molecule has 0 aliphatic carbocycles. The first-order valence-corrected chi connectivity index (χ1v) is 9.01. The maximum Gasteiger partial charge on any atom is 0.321 e. The number of nitro benzene ring substituents is 1. The van der Waals surface area contributed by atoms with E-state index in [1.54, 1.807) is 19.2 Å². The summed E-state index contributed by atoms with van der Waals surface area (Å²) in [4.78, 5) is 33.9. The molecule has 2 aromatic rings. The van der Waals surface area contributed by atoms with Gasteiger partial charge in [0.25, 0.3) is 5.69 Å². The van der Waals surface area contributed by atoms with Gasteiger partial charge in [-0.05, 0) is 36.7 Å². The van der Waals surface area contributed by atoms with Crippen molar-refractivity contribution in [2.45, 2.75) is 18.9 Å². The molecule has 10 heteroatoms. The largest absolute Gasteiger partial charge is 0.497 e. The molecular weight excluding hydrogens is 402 g/mol. The maximum absolute atomic E-state index is 12.2. The highest BCUT2D eigenvalue weighted by atomic mass is 35.5. The first-order valence-electron chi connectivity index (χ1n) is 8.63. The number of amides is 1. The second-order valence-corrected chi connectivity index (χ2v) is 6.52. The Morgan fingerprint density at radius 2 is 1.93 bits per heavy atom. The van der Waals surface area contributed by atoms with Crippen LogP contribution in [0.2, 0.25) is 5.02 Å². The van der Waals surface area contributed by atoms with Gasteiger partial charge in [0, 0.05) is 12.1 Å². The van der Waals surface area contributed by atoms with Gasteiger partial charge in [-0.3, -0.25) is 19.7 Å². The van der Waals surface area contributed by atoms with Crippen LogP contribution in [0.15, 0.2) is 42.5 Å². The van der Waals surface area contributed by atoms with E-state index >= 15 is 0 Å². The van der Waals surface area contributed by atoms with Gasteiger partial charge in [-0.1, -0.05) is 23.7 Å². The molecule has 0 radical (unpaired) electrons. The van der Waals surface area contributed by atoms with E-state index in [4.69, 9.17) is 16.3 Å². The van der Waals surface area contributed by atoms with Crippen molar-refractivity contribution >= 4 is 34.9 Å². The van der Waals surface area contributed by atoms with Crippen LogP contribution < -0.4 is 15.4 Å². The van der Waals surface area contributed by atoms with E-state index in [-0.39, 0.29) is 22.8 Å². The number of aliphatic carboxylic acids is 1. The molecule has 0 spiro atoms. The van der Waals surface area contributed by atoms with E-state index < -0.39 is 22.8 Å². The Morgan fingerprint density at radius 1 is 1.24 bits per heavy atom. The molecule has 1 atom stereocenters. The molecule has 3 N–H and O–H groups in total. The number of carbonyl (C=O) groups excluding carboxylic acids is 1. The van der Waals surface area contributed by atoms with Gasteiger partial charge in [-0.2, -0.15) is 0 Å². The van der Waals surface area contributed by atoms with Crippen molar-refractivity contribution in [2.75, 3.05) is 19.0 Å². The smallest absolute Gasteiger partial charge is 0.321 e. The number of halogens is 1. The first-order chi connectivity index (χ1) is 13.8. The van der Waals surface area contributed by atoms with Crippen LogP contribution in [-0.2, 0) is 16.0 Å². The predicted molar refractivity (Wildman–Crippen MR) is 107 cm³/mol. The zero-order valence-electron chi connectivity index (χ0n) is 15.6. The summed E-state index contributed by atoms with van der Waals surface area (Å²) in [6.45, 7) is 0.341. The Morgan fingerprint density at radius 3 is 2.52 bits per heavy atom. The number of benzene rings is 2. The fourth-order valence-electron chi connectivity index (χ4n) is 2.54. The predicted octanol–water partition coefficient (Wildman–Crippen LogP) is 2.87. The molecule has 29 heavy (non-hydrogen) atoms. The average Bonchev–Trinajstić information content (AvgIpc) is 2.69. The number of non-ortho nitro benzene ring substituents is 1. The Kier molecular flexibility index (Phi) is 7.93. The van der Waals surface area contributed by atoms with Gasteiger partial charge >= 0.3 is 5.97 Å². The zero-order chi connectivity index (χ0) is 21.4. The van der Waals surface area contributed by atoms with Crippen molar-refractivity contribution in [3.63, 3.8) is 0 Å². The Balaban J connectivity index is 1.92. The summed E-state index contributed by atoms with van der Waals surface area (Å²) in [5.41, 5.74) is 0.792. The highest BCUT2D eigenvalue weighted by molar-refractivity contribution is 6.33. The van der Waals surface area contributed by atoms with Gasteiger partial charge in [-0.15, -0.1) is 0 Å².